The summed E-state index contributed by atoms with van der Waals surface area (Å²) in [5.41, 5.74) is 0. The highest BCUT2D eigenvalue weighted by molar-refractivity contribution is 7.86. The number of benzene rings is 1. The lowest BCUT2D eigenvalue weighted by Crippen LogP contribution is -2.45. The highest BCUT2D eigenvalue weighted by Crippen LogP contribution is 2.42. The third-order valence-electron chi connectivity index (χ3n) is 2.37. The Labute approximate surface area is 108 Å². The number of imidazole rings is 1. The molecule has 0 radical (unpaired) electrons. The van der Waals surface area contributed by atoms with Gasteiger partial charge in [0, 0.05) is 17.3 Å². The smallest absolute Gasteiger partial charge is 0.272 e. The fraction of sp³-hybridized carbons (Fsp3) is 0.182. The number of halogens is 4. The Morgan fingerprint density at radius 3 is 2.26 bits per heavy atom. The Morgan fingerprint density at radius 2 is 1.74 bits per heavy atom. The highest BCUT2D eigenvalue weighted by Gasteiger charge is 2.62. The fourth-order valence-corrected chi connectivity index (χ4v) is 2.41. The summed E-state index contributed by atoms with van der Waals surface area (Å²) in [5, 5.41) is -4.75. The van der Waals surface area contributed by atoms with Gasteiger partial charge in [-0.05, 0) is 12.1 Å². The number of rotatable bonds is 4. The van der Waals surface area contributed by atoms with Gasteiger partial charge in [-0.15, -0.1) is 0 Å². The summed E-state index contributed by atoms with van der Waals surface area (Å²) in [7, 11) is -3.18. The van der Waals surface area contributed by atoms with Crippen LogP contribution in [0.3, 0.4) is 0 Å². The first kappa shape index (κ1) is 13.7. The zero-order chi connectivity index (χ0) is 14.1. The monoisotopic (exact) mass is 292 g/mol. The van der Waals surface area contributed by atoms with Crippen molar-refractivity contribution in [3.63, 3.8) is 0 Å². The minimum absolute atomic E-state index is 0.0617. The van der Waals surface area contributed by atoms with Crippen LogP contribution in [0.5, 0.6) is 0 Å². The van der Waals surface area contributed by atoms with Crippen molar-refractivity contribution in [2.45, 2.75) is 16.2 Å². The van der Waals surface area contributed by atoms with Crippen molar-refractivity contribution >= 4 is 10.8 Å². The van der Waals surface area contributed by atoms with Gasteiger partial charge in [0.15, 0.2) is 0 Å². The number of hydrogen-bond donors (Lipinski definition) is 0. The lowest BCUT2D eigenvalue weighted by atomic mass is 10.4. The van der Waals surface area contributed by atoms with E-state index in [1.807, 2.05) is 0 Å². The fourth-order valence-electron chi connectivity index (χ4n) is 1.38. The summed E-state index contributed by atoms with van der Waals surface area (Å²) in [6, 6.07) is 1.77. The van der Waals surface area contributed by atoms with Crippen LogP contribution in [0.15, 0.2) is 53.9 Å². The maximum Gasteiger partial charge on any atom is 0.407 e. The Kier molecular flexibility index (Phi) is 3.44. The Morgan fingerprint density at radius 1 is 1.11 bits per heavy atom. The average molecular weight is 292 g/mol. The first-order chi connectivity index (χ1) is 8.87. The Bertz CT molecular complexity index is 572. The van der Waals surface area contributed by atoms with Crippen LogP contribution in [-0.2, 0) is 16.8 Å². The summed E-state index contributed by atoms with van der Waals surface area (Å²) in [6.45, 7) is 0. The molecule has 1 atom stereocenters. The zero-order valence-electron chi connectivity index (χ0n) is 9.34. The van der Waals surface area contributed by atoms with E-state index in [1.54, 1.807) is 0 Å². The van der Waals surface area contributed by atoms with Crippen LogP contribution in [0.4, 0.5) is 17.6 Å². The van der Waals surface area contributed by atoms with Gasteiger partial charge in [-0.25, -0.2) is 9.19 Å². The predicted molar refractivity (Wildman–Crippen MR) is 60.2 cm³/mol. The van der Waals surface area contributed by atoms with Crippen molar-refractivity contribution in [2.75, 3.05) is 0 Å². The second-order valence-corrected chi connectivity index (χ2v) is 5.13. The molecule has 0 amide bonds. The molecule has 1 aromatic carbocycles. The SMILES string of the molecule is O=S(c1ccccc1)C(F)(F)C(F)(F)n1ccnc1. The molecule has 1 unspecified atom stereocenters. The normalized spacial score (nSPS) is 14.3. The Balaban J connectivity index is 2.40. The largest absolute Gasteiger partial charge is 0.407 e. The molecular formula is C11H8F4N2OS. The van der Waals surface area contributed by atoms with Crippen LogP contribution in [0.2, 0.25) is 0 Å². The van der Waals surface area contributed by atoms with Crippen molar-refractivity contribution < 1.29 is 21.8 Å². The molecule has 0 aliphatic heterocycles. The van der Waals surface area contributed by atoms with Crippen molar-refractivity contribution in [2.24, 2.45) is 0 Å². The molecule has 0 fully saturated rings. The zero-order valence-corrected chi connectivity index (χ0v) is 10.2. The highest BCUT2D eigenvalue weighted by atomic mass is 32.2. The minimum atomic E-state index is -4.75. The minimum Gasteiger partial charge on any atom is -0.272 e. The molecule has 2 aromatic rings. The summed E-state index contributed by atoms with van der Waals surface area (Å²) in [6.07, 6.45) is 2.18. The molecule has 19 heavy (non-hydrogen) atoms. The third kappa shape index (κ3) is 2.27. The molecule has 8 heteroatoms. The predicted octanol–water partition coefficient (Wildman–Crippen LogP) is 2.83. The molecule has 0 aliphatic rings. The van der Waals surface area contributed by atoms with Gasteiger partial charge in [0.2, 0.25) is 0 Å². The molecule has 0 aliphatic carbocycles. The molecular weight excluding hydrogens is 284 g/mol. The Hall–Kier alpha value is -1.70. The summed E-state index contributed by atoms with van der Waals surface area (Å²) < 4.78 is 66.5. The topological polar surface area (TPSA) is 34.9 Å². The number of aromatic nitrogens is 2. The molecule has 2 rings (SSSR count). The van der Waals surface area contributed by atoms with E-state index in [0.717, 1.165) is 18.3 Å². The molecule has 3 nitrogen and oxygen atoms in total. The summed E-state index contributed by atoms with van der Waals surface area (Å²) in [4.78, 5) is 2.92. The number of alkyl halides is 4. The average Bonchev–Trinajstić information content (AvgIpc) is 2.93. The van der Waals surface area contributed by atoms with Gasteiger partial charge in [-0.1, -0.05) is 18.2 Å². The molecule has 0 N–H and O–H groups in total. The molecule has 0 saturated heterocycles. The van der Waals surface area contributed by atoms with Gasteiger partial charge in [-0.2, -0.15) is 17.6 Å². The van der Waals surface area contributed by atoms with E-state index >= 15 is 0 Å². The van der Waals surface area contributed by atoms with E-state index in [1.165, 1.54) is 18.2 Å². The van der Waals surface area contributed by atoms with E-state index in [-0.39, 0.29) is 9.46 Å². The molecule has 0 saturated carbocycles. The maximum absolute atomic E-state index is 13.7. The van der Waals surface area contributed by atoms with Crippen molar-refractivity contribution in [1.29, 1.82) is 0 Å². The first-order valence-electron chi connectivity index (χ1n) is 5.08. The lowest BCUT2D eigenvalue weighted by molar-refractivity contribution is -0.212. The summed E-state index contributed by atoms with van der Waals surface area (Å²) >= 11 is 0. The molecule has 1 heterocycles. The van der Waals surface area contributed by atoms with E-state index in [9.17, 15) is 21.8 Å². The molecule has 0 bridgehead atoms. The van der Waals surface area contributed by atoms with Crippen molar-refractivity contribution in [1.82, 2.24) is 9.55 Å². The standard InChI is InChI=1S/C11H8F4N2OS/c12-10(13,17-7-6-16-8-17)11(14,15)19(18)9-4-2-1-3-5-9/h1-8H. The molecule has 0 spiro atoms. The van der Waals surface area contributed by atoms with Crippen LogP contribution < -0.4 is 0 Å². The quantitative estimate of drug-likeness (QED) is 0.812. The number of nitrogens with zero attached hydrogens (tertiary/aromatic N) is 2. The van der Waals surface area contributed by atoms with E-state index in [4.69, 9.17) is 0 Å². The van der Waals surface area contributed by atoms with Gasteiger partial charge in [0.1, 0.15) is 10.8 Å². The van der Waals surface area contributed by atoms with Crippen molar-refractivity contribution in [3.05, 3.63) is 49.1 Å². The van der Waals surface area contributed by atoms with Crippen LogP contribution in [0, 0.1) is 0 Å². The van der Waals surface area contributed by atoms with Crippen LogP contribution in [-0.4, -0.2) is 19.0 Å². The van der Waals surface area contributed by atoms with Crippen LogP contribution in [0.1, 0.15) is 0 Å². The van der Waals surface area contributed by atoms with E-state index in [0.29, 0.717) is 12.5 Å². The van der Waals surface area contributed by atoms with Gasteiger partial charge in [0.25, 0.3) is 0 Å². The van der Waals surface area contributed by atoms with E-state index < -0.39 is 22.1 Å². The maximum atomic E-state index is 13.7. The molecule has 1 aromatic heterocycles. The van der Waals surface area contributed by atoms with Gasteiger partial charge in [0.05, 0.1) is 6.33 Å². The van der Waals surface area contributed by atoms with Gasteiger partial charge >= 0.3 is 11.3 Å². The van der Waals surface area contributed by atoms with Crippen molar-refractivity contribution in [3.8, 4) is 0 Å². The van der Waals surface area contributed by atoms with Crippen LogP contribution in [0.25, 0.3) is 0 Å². The third-order valence-corrected chi connectivity index (χ3v) is 3.78. The van der Waals surface area contributed by atoms with Gasteiger partial charge in [-0.3, -0.25) is 4.57 Å². The molecule has 102 valence electrons. The second kappa shape index (κ2) is 4.76. The number of hydrogen-bond acceptors (Lipinski definition) is 2. The van der Waals surface area contributed by atoms with Crippen LogP contribution >= 0.6 is 0 Å². The second-order valence-electron chi connectivity index (χ2n) is 3.61. The summed E-state index contributed by atoms with van der Waals surface area (Å²) in [5.74, 6) is 0. The van der Waals surface area contributed by atoms with Gasteiger partial charge < -0.3 is 0 Å². The first-order valence-corrected chi connectivity index (χ1v) is 6.23. The van der Waals surface area contributed by atoms with E-state index in [2.05, 4.69) is 4.98 Å². The lowest BCUT2D eigenvalue weighted by Gasteiger charge is -2.26.